The van der Waals surface area contributed by atoms with Crippen LogP contribution < -0.4 is 10.9 Å². The Labute approximate surface area is 80.4 Å². The topological polar surface area (TPSA) is 24.1 Å². The highest BCUT2D eigenvalue weighted by molar-refractivity contribution is 8.11. The summed E-state index contributed by atoms with van der Waals surface area (Å²) in [4.78, 5) is 0. The summed E-state index contributed by atoms with van der Waals surface area (Å²) < 4.78 is 0.442. The van der Waals surface area contributed by atoms with Crippen LogP contribution in [0.4, 0.5) is 5.00 Å². The van der Waals surface area contributed by atoms with E-state index in [2.05, 4.69) is 23.5 Å². The van der Waals surface area contributed by atoms with Crippen molar-refractivity contribution in [2.24, 2.45) is 0 Å². The van der Waals surface area contributed by atoms with Crippen LogP contribution in [0.15, 0.2) is 11.4 Å². The van der Waals surface area contributed by atoms with Gasteiger partial charge >= 0.3 is 0 Å². The normalized spacial score (nSPS) is 9.27. The molecule has 2 nitrogen and oxygen atoms in total. The van der Waals surface area contributed by atoms with Gasteiger partial charge in [0.2, 0.25) is 0 Å². The zero-order chi connectivity index (χ0) is 8.27. The monoisotopic (exact) mass is 204 g/mol. The van der Waals surface area contributed by atoms with Gasteiger partial charge in [-0.25, -0.2) is 0 Å². The van der Waals surface area contributed by atoms with E-state index in [1.807, 2.05) is 18.4 Å². The van der Waals surface area contributed by atoms with Crippen molar-refractivity contribution in [1.29, 1.82) is 0 Å². The summed E-state index contributed by atoms with van der Waals surface area (Å²) in [5.74, 6) is 0. The third-order valence-corrected chi connectivity index (χ3v) is 2.29. The molecule has 0 radical (unpaired) electrons. The maximum Gasteiger partial charge on any atom is 0.149 e. The van der Waals surface area contributed by atoms with Crippen molar-refractivity contribution < 1.29 is 0 Å². The average Bonchev–Trinajstić information content (AvgIpc) is 2.31. The summed E-state index contributed by atoms with van der Waals surface area (Å²) in [6.07, 6.45) is 0. The van der Waals surface area contributed by atoms with Crippen molar-refractivity contribution in [1.82, 2.24) is 5.43 Å². The fraction of sp³-hybridized carbons (Fsp3) is 0.167. The molecule has 1 aromatic rings. The van der Waals surface area contributed by atoms with Crippen molar-refractivity contribution in [3.8, 4) is 0 Å². The summed E-state index contributed by atoms with van der Waals surface area (Å²) in [5, 5.41) is 3.09. The second-order valence-corrected chi connectivity index (χ2v) is 4.06. The van der Waals surface area contributed by atoms with E-state index in [-0.39, 0.29) is 0 Å². The molecule has 0 amide bonds. The minimum Gasteiger partial charge on any atom is -0.290 e. The van der Waals surface area contributed by atoms with Gasteiger partial charge in [-0.15, -0.1) is 24.0 Å². The van der Waals surface area contributed by atoms with E-state index in [1.54, 1.807) is 11.3 Å². The summed E-state index contributed by atoms with van der Waals surface area (Å²) in [7, 11) is 0. The summed E-state index contributed by atoms with van der Waals surface area (Å²) in [6, 6.07) is 2.04. The number of hydrogen-bond donors (Lipinski definition) is 3. The van der Waals surface area contributed by atoms with Crippen LogP contribution in [0.5, 0.6) is 0 Å². The fourth-order valence-corrected chi connectivity index (χ4v) is 1.49. The number of thiol groups is 1. The average molecular weight is 204 g/mol. The number of thiophene rings is 1. The first-order chi connectivity index (χ1) is 5.20. The van der Waals surface area contributed by atoms with Crippen LogP contribution in [0.3, 0.4) is 0 Å². The van der Waals surface area contributed by atoms with Gasteiger partial charge in [0.1, 0.15) is 9.32 Å². The van der Waals surface area contributed by atoms with Gasteiger partial charge in [0, 0.05) is 0 Å². The molecule has 0 saturated heterocycles. The predicted octanol–water partition coefficient (Wildman–Crippen LogP) is 2.19. The molecule has 0 unspecified atom stereocenters. The lowest BCUT2D eigenvalue weighted by atomic mass is 10.4. The molecule has 0 aliphatic heterocycles. The first-order valence-corrected chi connectivity index (χ1v) is 4.72. The molecule has 0 aromatic carbocycles. The number of thiocarbonyl (C=S) groups is 1. The van der Waals surface area contributed by atoms with Crippen LogP contribution in [0.25, 0.3) is 0 Å². The largest absolute Gasteiger partial charge is 0.290 e. The van der Waals surface area contributed by atoms with Gasteiger partial charge < -0.3 is 0 Å². The van der Waals surface area contributed by atoms with E-state index in [4.69, 9.17) is 12.2 Å². The first-order valence-electron chi connectivity index (χ1n) is 2.99. The lowest BCUT2D eigenvalue weighted by molar-refractivity contribution is 1.17. The molecule has 1 rings (SSSR count). The zero-order valence-electron chi connectivity index (χ0n) is 5.92. The van der Waals surface area contributed by atoms with Gasteiger partial charge in [-0.1, -0.05) is 12.2 Å². The molecule has 1 aromatic heterocycles. The van der Waals surface area contributed by atoms with E-state index in [0.717, 1.165) is 5.00 Å². The number of hydrogen-bond acceptors (Lipinski definition) is 3. The van der Waals surface area contributed by atoms with Gasteiger partial charge in [0.25, 0.3) is 0 Å². The van der Waals surface area contributed by atoms with Crippen molar-refractivity contribution in [3.05, 3.63) is 17.0 Å². The van der Waals surface area contributed by atoms with Gasteiger partial charge in [0.05, 0.1) is 0 Å². The van der Waals surface area contributed by atoms with Gasteiger partial charge in [-0.2, -0.15) is 0 Å². The number of nitrogens with one attached hydrogen (secondary N) is 2. The van der Waals surface area contributed by atoms with Gasteiger partial charge in [0.15, 0.2) is 0 Å². The highest BCUT2D eigenvalue weighted by Gasteiger charge is 1.96. The summed E-state index contributed by atoms with van der Waals surface area (Å²) >= 11 is 10.2. The van der Waals surface area contributed by atoms with Crippen molar-refractivity contribution in [3.63, 3.8) is 0 Å². The Kier molecular flexibility index (Phi) is 3.16. The summed E-state index contributed by atoms with van der Waals surface area (Å²) in [6.45, 7) is 2.03. The van der Waals surface area contributed by atoms with Crippen LogP contribution >= 0.6 is 36.2 Å². The molecule has 60 valence electrons. The maximum atomic E-state index is 4.71. The molecule has 0 bridgehead atoms. The molecule has 1 heterocycles. The smallest absolute Gasteiger partial charge is 0.149 e. The van der Waals surface area contributed by atoms with Crippen molar-refractivity contribution in [2.75, 3.05) is 5.43 Å². The van der Waals surface area contributed by atoms with E-state index in [1.165, 1.54) is 5.56 Å². The van der Waals surface area contributed by atoms with Crippen LogP contribution in [0.2, 0.25) is 0 Å². The fourth-order valence-electron chi connectivity index (χ4n) is 0.611. The van der Waals surface area contributed by atoms with Crippen LogP contribution in [-0.2, 0) is 0 Å². The Bertz CT molecular complexity index is 256. The molecule has 2 N–H and O–H groups in total. The number of hydrazine groups is 1. The molecule has 0 aliphatic carbocycles. The van der Waals surface area contributed by atoms with Gasteiger partial charge in [-0.3, -0.25) is 10.9 Å². The Morgan fingerprint density at radius 3 is 2.91 bits per heavy atom. The zero-order valence-corrected chi connectivity index (χ0v) is 8.45. The quantitative estimate of drug-likeness (QED) is 0.391. The lowest BCUT2D eigenvalue weighted by Crippen LogP contribution is -2.23. The Morgan fingerprint density at radius 1 is 1.73 bits per heavy atom. The first kappa shape index (κ1) is 8.83. The van der Waals surface area contributed by atoms with E-state index in [9.17, 15) is 0 Å². The number of aryl methyl sites for hydroxylation is 1. The predicted molar refractivity (Wildman–Crippen MR) is 57.4 cm³/mol. The minimum atomic E-state index is 0.442. The Morgan fingerprint density at radius 2 is 2.45 bits per heavy atom. The molecule has 11 heavy (non-hydrogen) atoms. The molecule has 5 heteroatoms. The molecule has 0 fully saturated rings. The third-order valence-electron chi connectivity index (χ3n) is 1.15. The Hall–Kier alpha value is -0.260. The highest BCUT2D eigenvalue weighted by atomic mass is 32.1. The van der Waals surface area contributed by atoms with Gasteiger partial charge in [-0.05, 0) is 23.9 Å². The third kappa shape index (κ3) is 2.69. The molecule has 0 aliphatic rings. The molecule has 0 spiro atoms. The van der Waals surface area contributed by atoms with E-state index in [0.29, 0.717) is 4.32 Å². The van der Waals surface area contributed by atoms with E-state index < -0.39 is 0 Å². The minimum absolute atomic E-state index is 0.442. The van der Waals surface area contributed by atoms with Crippen LogP contribution in [0, 0.1) is 6.92 Å². The van der Waals surface area contributed by atoms with Crippen molar-refractivity contribution >= 4 is 45.5 Å². The highest BCUT2D eigenvalue weighted by Crippen LogP contribution is 2.20. The molecular weight excluding hydrogens is 196 g/mol. The van der Waals surface area contributed by atoms with Crippen LogP contribution in [-0.4, -0.2) is 4.32 Å². The summed E-state index contributed by atoms with van der Waals surface area (Å²) in [5.41, 5.74) is 6.89. The lowest BCUT2D eigenvalue weighted by Gasteiger charge is -2.04. The second-order valence-electron chi connectivity index (χ2n) is 1.99. The SMILES string of the molecule is Cc1ccsc1NNC(=S)S. The molecule has 0 saturated carbocycles. The number of anilines is 1. The number of rotatable bonds is 2. The van der Waals surface area contributed by atoms with E-state index >= 15 is 0 Å². The van der Waals surface area contributed by atoms with Crippen molar-refractivity contribution in [2.45, 2.75) is 6.92 Å². The van der Waals surface area contributed by atoms with Crippen LogP contribution in [0.1, 0.15) is 5.56 Å². The maximum absolute atomic E-state index is 4.71. The molecule has 0 atom stereocenters. The second kappa shape index (κ2) is 3.94. The molecular formula is C6H8N2S3. The standard InChI is InChI=1S/C6H8N2S3/c1-4-2-3-11-5(4)7-8-6(9)10/h2-3,7H,1H3,(H2,8,9,10). The Balaban J connectivity index is 2.51.